The predicted octanol–water partition coefficient (Wildman–Crippen LogP) is 1.50. The van der Waals surface area contributed by atoms with Crippen LogP contribution in [0.15, 0.2) is 29.3 Å². The van der Waals surface area contributed by atoms with Crippen molar-refractivity contribution in [2.75, 3.05) is 10.6 Å². The van der Waals surface area contributed by atoms with E-state index in [4.69, 9.17) is 0 Å². The highest BCUT2D eigenvalue weighted by atomic mass is 16.2. The van der Waals surface area contributed by atoms with E-state index >= 15 is 0 Å². The normalized spacial score (nSPS) is 14.8. The lowest BCUT2D eigenvalue weighted by Gasteiger charge is -2.16. The van der Waals surface area contributed by atoms with E-state index < -0.39 is 5.41 Å². The van der Waals surface area contributed by atoms with Crippen LogP contribution >= 0.6 is 0 Å². The number of carbonyl (C=O) groups is 2. The Kier molecular flexibility index (Phi) is 3.94. The summed E-state index contributed by atoms with van der Waals surface area (Å²) in [5, 5.41) is 5.64. The molecule has 1 aliphatic rings. The Morgan fingerprint density at radius 1 is 1.32 bits per heavy atom. The van der Waals surface area contributed by atoms with E-state index in [1.807, 2.05) is 13.8 Å². The first kappa shape index (κ1) is 16.9. The van der Waals surface area contributed by atoms with Crippen molar-refractivity contribution in [2.45, 2.75) is 32.6 Å². The van der Waals surface area contributed by atoms with Crippen LogP contribution in [-0.2, 0) is 28.5 Å². The Bertz CT molecular complexity index is 944. The van der Waals surface area contributed by atoms with Gasteiger partial charge in [-0.25, -0.2) is 4.98 Å². The van der Waals surface area contributed by atoms with Gasteiger partial charge in [-0.15, -0.1) is 0 Å². The van der Waals surface area contributed by atoms with E-state index in [9.17, 15) is 14.4 Å². The molecule has 0 aliphatic carbocycles. The van der Waals surface area contributed by atoms with Crippen LogP contribution in [0.1, 0.15) is 30.7 Å². The fourth-order valence-electron chi connectivity index (χ4n) is 2.88. The molecule has 0 unspecified atom stereocenters. The Labute approximate surface area is 145 Å². The second kappa shape index (κ2) is 5.84. The van der Waals surface area contributed by atoms with Crippen molar-refractivity contribution in [2.24, 2.45) is 7.05 Å². The fraction of sp³-hybridized carbons (Fsp3) is 0.333. The molecule has 3 rings (SSSR count). The fourth-order valence-corrected chi connectivity index (χ4v) is 2.88. The van der Waals surface area contributed by atoms with Crippen molar-refractivity contribution in [3.05, 3.63) is 51.7 Å². The first-order chi connectivity index (χ1) is 11.7. The number of nitrogens with zero attached hydrogens (tertiary/aromatic N) is 2. The van der Waals surface area contributed by atoms with E-state index in [2.05, 4.69) is 15.6 Å². The smallest absolute Gasteiger partial charge is 0.256 e. The summed E-state index contributed by atoms with van der Waals surface area (Å²) >= 11 is 0. The van der Waals surface area contributed by atoms with Crippen LogP contribution in [-0.4, -0.2) is 21.4 Å². The summed E-state index contributed by atoms with van der Waals surface area (Å²) in [5.74, 6) is -0.329. The SMILES string of the molecule is Cc1c(CC(=O)Nc2ccc3c(c2)C(C)(C)C(=O)N3)ncn(C)c1=O. The second-order valence-electron chi connectivity index (χ2n) is 6.80. The monoisotopic (exact) mass is 340 g/mol. The average Bonchev–Trinajstić information content (AvgIpc) is 2.78. The number of aromatic nitrogens is 2. The minimum atomic E-state index is -0.639. The number of hydrogen-bond donors (Lipinski definition) is 2. The van der Waals surface area contributed by atoms with Crippen LogP contribution in [0.3, 0.4) is 0 Å². The molecule has 7 heteroatoms. The zero-order valence-electron chi connectivity index (χ0n) is 14.6. The molecule has 1 aromatic heterocycles. The van der Waals surface area contributed by atoms with Gasteiger partial charge in [-0.05, 0) is 44.5 Å². The van der Waals surface area contributed by atoms with Gasteiger partial charge in [0.05, 0.1) is 23.9 Å². The molecule has 2 aromatic rings. The van der Waals surface area contributed by atoms with Crippen molar-refractivity contribution in [1.29, 1.82) is 0 Å². The summed E-state index contributed by atoms with van der Waals surface area (Å²) in [7, 11) is 1.62. The molecule has 1 aliphatic heterocycles. The maximum Gasteiger partial charge on any atom is 0.256 e. The molecule has 0 radical (unpaired) electrons. The summed E-state index contributed by atoms with van der Waals surface area (Å²) in [5.41, 5.74) is 2.33. The lowest BCUT2D eigenvalue weighted by atomic mass is 9.86. The predicted molar refractivity (Wildman–Crippen MR) is 94.6 cm³/mol. The van der Waals surface area contributed by atoms with Gasteiger partial charge in [0, 0.05) is 24.0 Å². The maximum atomic E-state index is 12.3. The van der Waals surface area contributed by atoms with Gasteiger partial charge in [-0.2, -0.15) is 0 Å². The molecule has 0 saturated heterocycles. The van der Waals surface area contributed by atoms with Crippen molar-refractivity contribution < 1.29 is 9.59 Å². The Morgan fingerprint density at radius 2 is 2.04 bits per heavy atom. The first-order valence-electron chi connectivity index (χ1n) is 7.97. The van der Waals surface area contributed by atoms with Crippen LogP contribution in [0.4, 0.5) is 11.4 Å². The number of fused-ring (bicyclic) bond motifs is 1. The summed E-state index contributed by atoms with van der Waals surface area (Å²) < 4.78 is 1.38. The zero-order chi connectivity index (χ0) is 18.4. The number of rotatable bonds is 3. The molecule has 0 fully saturated rings. The number of amides is 2. The van der Waals surface area contributed by atoms with E-state index in [0.717, 1.165) is 11.3 Å². The topological polar surface area (TPSA) is 93.1 Å². The molecule has 130 valence electrons. The molecule has 25 heavy (non-hydrogen) atoms. The van der Waals surface area contributed by atoms with Gasteiger partial charge in [0.2, 0.25) is 11.8 Å². The minimum absolute atomic E-state index is 0.0135. The standard InChI is InChI=1S/C18H20N4O3/c1-10-14(19-9-22(4)16(10)24)8-15(23)20-11-5-6-13-12(7-11)18(2,3)17(25)21-13/h5-7,9H,8H2,1-4H3,(H,20,23)(H,21,25). The van der Waals surface area contributed by atoms with Crippen LogP contribution in [0.2, 0.25) is 0 Å². The number of benzene rings is 1. The molecule has 2 heterocycles. The van der Waals surface area contributed by atoms with Gasteiger partial charge in [-0.3, -0.25) is 14.4 Å². The number of nitrogens with one attached hydrogen (secondary N) is 2. The quantitative estimate of drug-likeness (QED) is 0.885. The van der Waals surface area contributed by atoms with Gasteiger partial charge in [-0.1, -0.05) is 0 Å². The van der Waals surface area contributed by atoms with E-state index in [-0.39, 0.29) is 23.8 Å². The summed E-state index contributed by atoms with van der Waals surface area (Å²) in [6.07, 6.45) is 1.42. The molecule has 0 saturated carbocycles. The lowest BCUT2D eigenvalue weighted by Crippen LogP contribution is -2.27. The molecular weight excluding hydrogens is 320 g/mol. The lowest BCUT2D eigenvalue weighted by molar-refractivity contribution is -0.119. The molecule has 0 spiro atoms. The number of anilines is 2. The number of carbonyl (C=O) groups excluding carboxylic acids is 2. The molecule has 0 atom stereocenters. The highest BCUT2D eigenvalue weighted by Gasteiger charge is 2.38. The maximum absolute atomic E-state index is 12.3. The molecule has 7 nitrogen and oxygen atoms in total. The molecular formula is C18H20N4O3. The number of aryl methyl sites for hydroxylation is 1. The van der Waals surface area contributed by atoms with E-state index in [1.165, 1.54) is 10.9 Å². The Hall–Kier alpha value is -2.96. The Balaban J connectivity index is 1.79. The van der Waals surface area contributed by atoms with Gasteiger partial charge >= 0.3 is 0 Å². The molecule has 0 bridgehead atoms. The Morgan fingerprint density at radius 3 is 2.76 bits per heavy atom. The van der Waals surface area contributed by atoms with Crippen LogP contribution < -0.4 is 16.2 Å². The van der Waals surface area contributed by atoms with E-state index in [1.54, 1.807) is 32.2 Å². The molecule has 2 amide bonds. The third-order valence-electron chi connectivity index (χ3n) is 4.58. The van der Waals surface area contributed by atoms with Crippen molar-refractivity contribution >= 4 is 23.2 Å². The summed E-state index contributed by atoms with van der Waals surface area (Å²) in [6, 6.07) is 5.32. The molecule has 1 aromatic carbocycles. The third kappa shape index (κ3) is 2.93. The third-order valence-corrected chi connectivity index (χ3v) is 4.58. The van der Waals surface area contributed by atoms with Gasteiger partial charge in [0.1, 0.15) is 0 Å². The summed E-state index contributed by atoms with van der Waals surface area (Å²) in [6.45, 7) is 5.34. The van der Waals surface area contributed by atoms with E-state index in [0.29, 0.717) is 16.9 Å². The number of hydrogen-bond acceptors (Lipinski definition) is 4. The average molecular weight is 340 g/mol. The van der Waals surface area contributed by atoms with Gasteiger partial charge < -0.3 is 15.2 Å². The largest absolute Gasteiger partial charge is 0.326 e. The van der Waals surface area contributed by atoms with Crippen molar-refractivity contribution in [3.8, 4) is 0 Å². The second-order valence-corrected chi connectivity index (χ2v) is 6.80. The van der Waals surface area contributed by atoms with Crippen molar-refractivity contribution in [3.63, 3.8) is 0 Å². The van der Waals surface area contributed by atoms with Crippen molar-refractivity contribution in [1.82, 2.24) is 9.55 Å². The van der Waals surface area contributed by atoms with Crippen LogP contribution in [0.25, 0.3) is 0 Å². The van der Waals surface area contributed by atoms with Crippen LogP contribution in [0, 0.1) is 6.92 Å². The summed E-state index contributed by atoms with van der Waals surface area (Å²) in [4.78, 5) is 40.4. The van der Waals surface area contributed by atoms with Gasteiger partial charge in [0.25, 0.3) is 5.56 Å². The first-order valence-corrected chi connectivity index (χ1v) is 7.97. The highest BCUT2D eigenvalue weighted by Crippen LogP contribution is 2.38. The van der Waals surface area contributed by atoms with Crippen LogP contribution in [0.5, 0.6) is 0 Å². The highest BCUT2D eigenvalue weighted by molar-refractivity contribution is 6.06. The van der Waals surface area contributed by atoms with Gasteiger partial charge in [0.15, 0.2) is 0 Å². The zero-order valence-corrected chi connectivity index (χ0v) is 14.6. The molecule has 2 N–H and O–H groups in total. The minimum Gasteiger partial charge on any atom is -0.326 e.